The summed E-state index contributed by atoms with van der Waals surface area (Å²) < 4.78 is 40.3. The van der Waals surface area contributed by atoms with E-state index in [9.17, 15) is 18.0 Å². The number of benzene rings is 4. The number of rotatable bonds is 14. The molecule has 9 nitrogen and oxygen atoms in total. The highest BCUT2D eigenvalue weighted by Crippen LogP contribution is 2.33. The number of nitrogens with one attached hydrogen (secondary N) is 1. The van der Waals surface area contributed by atoms with Gasteiger partial charge in [-0.1, -0.05) is 66.2 Å². The van der Waals surface area contributed by atoms with Gasteiger partial charge in [-0.15, -0.1) is 0 Å². The third-order valence-corrected chi connectivity index (χ3v) is 9.58. The number of ether oxygens (including phenoxy) is 2. The Morgan fingerprint density at radius 2 is 1.52 bits per heavy atom. The van der Waals surface area contributed by atoms with Gasteiger partial charge < -0.3 is 19.7 Å². The van der Waals surface area contributed by atoms with Crippen LogP contribution in [0, 0.1) is 6.92 Å². The van der Waals surface area contributed by atoms with Gasteiger partial charge in [0.2, 0.25) is 11.8 Å². The maximum atomic E-state index is 14.5. The summed E-state index contributed by atoms with van der Waals surface area (Å²) in [5, 5.41) is 3.27. The lowest BCUT2D eigenvalue weighted by molar-refractivity contribution is -0.140. The topological polar surface area (TPSA) is 105 Å². The Balaban J connectivity index is 1.82. The van der Waals surface area contributed by atoms with Gasteiger partial charge in [-0.2, -0.15) is 0 Å². The van der Waals surface area contributed by atoms with Crippen molar-refractivity contribution in [1.82, 2.24) is 10.2 Å². The van der Waals surface area contributed by atoms with Crippen molar-refractivity contribution < 1.29 is 27.5 Å². The lowest BCUT2D eigenvalue weighted by Gasteiger charge is -2.34. The molecule has 46 heavy (non-hydrogen) atoms. The molecular formula is C35H38ClN3O6S. The van der Waals surface area contributed by atoms with E-state index in [1.807, 2.05) is 68.4 Å². The molecule has 0 aliphatic rings. The molecule has 0 saturated heterocycles. The molecule has 1 N–H and O–H groups in total. The molecule has 0 aromatic heterocycles. The first-order chi connectivity index (χ1) is 22.1. The zero-order valence-electron chi connectivity index (χ0n) is 26.3. The number of sulfonamides is 1. The molecule has 0 saturated carbocycles. The van der Waals surface area contributed by atoms with Crippen LogP contribution in [0.1, 0.15) is 23.6 Å². The van der Waals surface area contributed by atoms with Crippen LogP contribution in [0.4, 0.5) is 5.69 Å². The fourth-order valence-corrected chi connectivity index (χ4v) is 6.61. The SMILES string of the molecule is CCNC(=O)[C@@H](Cc1ccccc1)N(Cc1ccccc1C)C(=O)CN(c1ccc(Cl)cc1)S(=O)(=O)c1ccc(OC)c(OC)c1. The van der Waals surface area contributed by atoms with Crippen molar-refractivity contribution in [3.8, 4) is 11.5 Å². The predicted molar refractivity (Wildman–Crippen MR) is 180 cm³/mol. The number of aryl methyl sites for hydroxylation is 1. The average Bonchev–Trinajstić information content (AvgIpc) is 3.06. The quantitative estimate of drug-likeness (QED) is 0.187. The highest BCUT2D eigenvalue weighted by Gasteiger charge is 2.35. The zero-order chi connectivity index (χ0) is 33.3. The second kappa shape index (κ2) is 15.6. The summed E-state index contributed by atoms with van der Waals surface area (Å²) >= 11 is 6.15. The van der Waals surface area contributed by atoms with E-state index in [0.29, 0.717) is 17.3 Å². The number of carbonyl (C=O) groups excluding carboxylic acids is 2. The van der Waals surface area contributed by atoms with Gasteiger partial charge in [0.15, 0.2) is 11.5 Å². The molecule has 0 aliphatic carbocycles. The normalized spacial score (nSPS) is 11.8. The standard InChI is InChI=1S/C35H38ClN3O6S/c1-5-37-35(41)31(21-26-12-7-6-8-13-26)38(23-27-14-10-9-11-25(27)2)34(40)24-39(29-17-15-28(36)16-18-29)46(42,43)30-19-20-32(44-3)33(22-30)45-4/h6-20,22,31H,5,21,23-24H2,1-4H3,(H,37,41)/t31-/m1/s1. The monoisotopic (exact) mass is 663 g/mol. The van der Waals surface area contributed by atoms with E-state index in [-0.39, 0.29) is 35.2 Å². The smallest absolute Gasteiger partial charge is 0.264 e. The lowest BCUT2D eigenvalue weighted by Crippen LogP contribution is -2.53. The molecule has 0 bridgehead atoms. The molecule has 1 atom stereocenters. The minimum Gasteiger partial charge on any atom is -0.493 e. The average molecular weight is 664 g/mol. The Morgan fingerprint density at radius 1 is 0.870 bits per heavy atom. The van der Waals surface area contributed by atoms with Crippen molar-refractivity contribution in [2.45, 2.75) is 37.8 Å². The number of nitrogens with zero attached hydrogens (tertiary/aromatic N) is 2. The largest absolute Gasteiger partial charge is 0.493 e. The molecule has 0 radical (unpaired) electrons. The molecule has 0 unspecified atom stereocenters. The van der Waals surface area contributed by atoms with E-state index in [1.54, 1.807) is 12.1 Å². The summed E-state index contributed by atoms with van der Waals surface area (Å²) in [6, 6.07) is 26.5. The van der Waals surface area contributed by atoms with Crippen LogP contribution in [0.2, 0.25) is 5.02 Å². The molecule has 2 amide bonds. The predicted octanol–water partition coefficient (Wildman–Crippen LogP) is 5.64. The number of amides is 2. The number of methoxy groups -OCH3 is 2. The first kappa shape index (κ1) is 34.3. The maximum Gasteiger partial charge on any atom is 0.264 e. The van der Waals surface area contributed by atoms with Crippen LogP contribution >= 0.6 is 11.6 Å². The minimum atomic E-state index is -4.34. The van der Waals surface area contributed by atoms with Crippen molar-refractivity contribution in [1.29, 1.82) is 0 Å². The van der Waals surface area contributed by atoms with Crippen LogP contribution in [-0.4, -0.2) is 58.5 Å². The molecule has 4 rings (SSSR count). The van der Waals surface area contributed by atoms with Gasteiger partial charge in [-0.25, -0.2) is 8.42 Å². The molecule has 4 aromatic carbocycles. The third-order valence-electron chi connectivity index (χ3n) is 7.56. The molecular weight excluding hydrogens is 626 g/mol. The van der Waals surface area contributed by atoms with Crippen LogP contribution in [0.15, 0.2) is 102 Å². The first-order valence-corrected chi connectivity index (χ1v) is 16.6. The number of hydrogen-bond acceptors (Lipinski definition) is 6. The van der Waals surface area contributed by atoms with Crippen LogP contribution in [-0.2, 0) is 32.6 Å². The number of likely N-dealkylation sites (N-methyl/N-ethyl adjacent to an activating group) is 1. The van der Waals surface area contributed by atoms with Gasteiger partial charge in [0.25, 0.3) is 10.0 Å². The van der Waals surface area contributed by atoms with Crippen LogP contribution in [0.3, 0.4) is 0 Å². The van der Waals surface area contributed by atoms with E-state index < -0.39 is 28.5 Å². The minimum absolute atomic E-state index is 0.0883. The van der Waals surface area contributed by atoms with Crippen LogP contribution < -0.4 is 19.1 Å². The number of anilines is 1. The van der Waals surface area contributed by atoms with E-state index >= 15 is 0 Å². The third kappa shape index (κ3) is 8.18. The van der Waals surface area contributed by atoms with Gasteiger partial charge in [0, 0.05) is 30.6 Å². The van der Waals surface area contributed by atoms with E-state index in [4.69, 9.17) is 21.1 Å². The summed E-state index contributed by atoms with van der Waals surface area (Å²) in [7, 11) is -1.48. The molecule has 11 heteroatoms. The maximum absolute atomic E-state index is 14.5. The summed E-state index contributed by atoms with van der Waals surface area (Å²) in [5.41, 5.74) is 2.84. The van der Waals surface area contributed by atoms with Crippen molar-refractivity contribution in [3.63, 3.8) is 0 Å². The lowest BCUT2D eigenvalue weighted by atomic mass is 10.0. The molecule has 0 spiro atoms. The summed E-state index contributed by atoms with van der Waals surface area (Å²) in [6.45, 7) is 3.60. The molecule has 4 aromatic rings. The number of carbonyl (C=O) groups is 2. The summed E-state index contributed by atoms with van der Waals surface area (Å²) in [4.78, 5) is 29.5. The van der Waals surface area contributed by atoms with Gasteiger partial charge in [0.1, 0.15) is 12.6 Å². The number of hydrogen-bond donors (Lipinski definition) is 1. The first-order valence-electron chi connectivity index (χ1n) is 14.7. The molecule has 242 valence electrons. The van der Waals surface area contributed by atoms with Gasteiger partial charge in [0.05, 0.1) is 24.8 Å². The zero-order valence-corrected chi connectivity index (χ0v) is 27.8. The van der Waals surface area contributed by atoms with Crippen molar-refractivity contribution >= 4 is 39.1 Å². The Labute approximate surface area is 275 Å². The van der Waals surface area contributed by atoms with Crippen molar-refractivity contribution in [2.24, 2.45) is 0 Å². The van der Waals surface area contributed by atoms with E-state index in [0.717, 1.165) is 21.0 Å². The Morgan fingerprint density at radius 3 is 2.15 bits per heavy atom. The summed E-state index contributed by atoms with van der Waals surface area (Å²) in [6.07, 6.45) is 0.230. The van der Waals surface area contributed by atoms with Crippen molar-refractivity contribution in [3.05, 3.63) is 119 Å². The fourth-order valence-electron chi connectivity index (χ4n) is 5.06. The van der Waals surface area contributed by atoms with Gasteiger partial charge >= 0.3 is 0 Å². The highest BCUT2D eigenvalue weighted by molar-refractivity contribution is 7.92. The molecule has 0 aliphatic heterocycles. The van der Waals surface area contributed by atoms with Crippen molar-refractivity contribution in [2.75, 3.05) is 31.6 Å². The number of halogens is 1. The highest BCUT2D eigenvalue weighted by atomic mass is 35.5. The molecule has 0 heterocycles. The fraction of sp³-hybridized carbons (Fsp3) is 0.257. The van der Waals surface area contributed by atoms with E-state index in [2.05, 4.69) is 5.32 Å². The molecule has 0 fully saturated rings. The van der Waals surface area contributed by atoms with Gasteiger partial charge in [-0.3, -0.25) is 13.9 Å². The van der Waals surface area contributed by atoms with Crippen LogP contribution in [0.5, 0.6) is 11.5 Å². The summed E-state index contributed by atoms with van der Waals surface area (Å²) in [5.74, 6) is -0.333. The Hall–Kier alpha value is -4.54. The van der Waals surface area contributed by atoms with Crippen LogP contribution in [0.25, 0.3) is 0 Å². The Kier molecular flexibility index (Phi) is 11.7. The second-order valence-corrected chi connectivity index (χ2v) is 12.9. The van der Waals surface area contributed by atoms with E-state index in [1.165, 1.54) is 49.5 Å². The van der Waals surface area contributed by atoms with Gasteiger partial charge in [-0.05, 0) is 66.9 Å². The Bertz CT molecular complexity index is 1750. The second-order valence-electron chi connectivity index (χ2n) is 10.6.